The third-order valence-electron chi connectivity index (χ3n) is 4.13. The van der Waals surface area contributed by atoms with Gasteiger partial charge >= 0.3 is 6.09 Å². The van der Waals surface area contributed by atoms with Crippen molar-refractivity contribution in [1.29, 1.82) is 0 Å². The molecule has 1 aromatic rings. The van der Waals surface area contributed by atoms with Crippen LogP contribution in [-0.2, 0) is 11.2 Å². The van der Waals surface area contributed by atoms with Crippen LogP contribution >= 0.6 is 0 Å². The molecule has 0 spiro atoms. The van der Waals surface area contributed by atoms with E-state index in [-0.39, 0.29) is 6.09 Å². The van der Waals surface area contributed by atoms with E-state index >= 15 is 0 Å². The average Bonchev–Trinajstić information content (AvgIpc) is 2.52. The van der Waals surface area contributed by atoms with Crippen LogP contribution in [0.3, 0.4) is 0 Å². The van der Waals surface area contributed by atoms with Crippen molar-refractivity contribution in [3.8, 4) is 5.88 Å². The second-order valence-electron chi connectivity index (χ2n) is 7.12. The number of hydrogen-bond donors (Lipinski definition) is 0. The zero-order chi connectivity index (χ0) is 16.9. The van der Waals surface area contributed by atoms with Crippen LogP contribution in [0.5, 0.6) is 5.88 Å². The Kier molecular flexibility index (Phi) is 5.85. The van der Waals surface area contributed by atoms with Crippen molar-refractivity contribution in [2.75, 3.05) is 20.2 Å². The van der Waals surface area contributed by atoms with Gasteiger partial charge in [0.25, 0.3) is 0 Å². The first-order valence-corrected chi connectivity index (χ1v) is 8.35. The summed E-state index contributed by atoms with van der Waals surface area (Å²) in [4.78, 5) is 18.1. The molecule has 1 amide bonds. The standard InChI is InChI=1S/C18H28N2O3/c1-18(2,3)23-17(21)20-12-9-14(10-13-20)7-8-15-6-5-11-19-16(15)22-4/h5-6,11,14H,7-10,12-13H2,1-4H3. The van der Waals surface area contributed by atoms with Crippen molar-refractivity contribution >= 4 is 6.09 Å². The maximum absolute atomic E-state index is 12.1. The van der Waals surface area contributed by atoms with Crippen molar-refractivity contribution in [3.05, 3.63) is 23.9 Å². The predicted octanol–water partition coefficient (Wildman–Crippen LogP) is 3.67. The number of aryl methyl sites for hydroxylation is 1. The second-order valence-corrected chi connectivity index (χ2v) is 7.12. The molecule has 1 saturated heterocycles. The second kappa shape index (κ2) is 7.66. The van der Waals surface area contributed by atoms with Crippen LogP contribution in [-0.4, -0.2) is 41.8 Å². The maximum atomic E-state index is 12.1. The van der Waals surface area contributed by atoms with E-state index in [1.54, 1.807) is 13.3 Å². The lowest BCUT2D eigenvalue weighted by Gasteiger charge is -2.33. The van der Waals surface area contributed by atoms with Crippen LogP contribution in [0.2, 0.25) is 0 Å². The monoisotopic (exact) mass is 320 g/mol. The molecule has 1 aliphatic heterocycles. The fourth-order valence-corrected chi connectivity index (χ4v) is 2.89. The normalized spacial score (nSPS) is 16.3. The fourth-order valence-electron chi connectivity index (χ4n) is 2.89. The van der Waals surface area contributed by atoms with Gasteiger partial charge in [-0.1, -0.05) is 6.07 Å². The molecule has 0 radical (unpaired) electrons. The van der Waals surface area contributed by atoms with Gasteiger partial charge in [-0.15, -0.1) is 0 Å². The van der Waals surface area contributed by atoms with E-state index in [1.807, 2.05) is 31.7 Å². The molecule has 128 valence electrons. The predicted molar refractivity (Wildman–Crippen MR) is 89.6 cm³/mol. The Morgan fingerprint density at radius 2 is 2.04 bits per heavy atom. The lowest BCUT2D eigenvalue weighted by atomic mass is 9.91. The zero-order valence-electron chi connectivity index (χ0n) is 14.7. The summed E-state index contributed by atoms with van der Waals surface area (Å²) in [6, 6.07) is 4.02. The van der Waals surface area contributed by atoms with Gasteiger partial charge in [-0.05, 0) is 58.4 Å². The van der Waals surface area contributed by atoms with Gasteiger partial charge in [-0.25, -0.2) is 9.78 Å². The highest BCUT2D eigenvalue weighted by atomic mass is 16.6. The molecule has 0 N–H and O–H groups in total. The largest absolute Gasteiger partial charge is 0.481 e. The van der Waals surface area contributed by atoms with Crippen molar-refractivity contribution < 1.29 is 14.3 Å². The van der Waals surface area contributed by atoms with Crippen LogP contribution in [0.4, 0.5) is 4.79 Å². The summed E-state index contributed by atoms with van der Waals surface area (Å²) in [5.74, 6) is 1.36. The smallest absolute Gasteiger partial charge is 0.410 e. The zero-order valence-corrected chi connectivity index (χ0v) is 14.7. The van der Waals surface area contributed by atoms with E-state index in [0.29, 0.717) is 5.92 Å². The van der Waals surface area contributed by atoms with Gasteiger partial charge in [-0.3, -0.25) is 0 Å². The molecule has 2 rings (SSSR count). The van der Waals surface area contributed by atoms with Gasteiger partial charge in [0.15, 0.2) is 0 Å². The van der Waals surface area contributed by atoms with Gasteiger partial charge in [0.1, 0.15) is 5.60 Å². The highest BCUT2D eigenvalue weighted by molar-refractivity contribution is 5.68. The Morgan fingerprint density at radius 1 is 1.35 bits per heavy atom. The molecule has 1 aliphatic rings. The quantitative estimate of drug-likeness (QED) is 0.849. The Balaban J connectivity index is 1.78. The van der Waals surface area contributed by atoms with E-state index in [9.17, 15) is 4.79 Å². The van der Waals surface area contributed by atoms with Crippen molar-refractivity contribution in [2.24, 2.45) is 5.92 Å². The lowest BCUT2D eigenvalue weighted by molar-refractivity contribution is 0.0181. The number of aromatic nitrogens is 1. The third kappa shape index (κ3) is 5.41. The number of pyridine rings is 1. The van der Waals surface area contributed by atoms with E-state index in [4.69, 9.17) is 9.47 Å². The third-order valence-corrected chi connectivity index (χ3v) is 4.13. The van der Waals surface area contributed by atoms with Crippen LogP contribution in [0.15, 0.2) is 18.3 Å². The first kappa shape index (κ1) is 17.6. The van der Waals surface area contributed by atoms with Crippen molar-refractivity contribution in [1.82, 2.24) is 9.88 Å². The van der Waals surface area contributed by atoms with Crippen LogP contribution in [0.1, 0.15) is 45.6 Å². The maximum Gasteiger partial charge on any atom is 0.410 e. The Hall–Kier alpha value is -1.78. The number of ether oxygens (including phenoxy) is 2. The topological polar surface area (TPSA) is 51.7 Å². The minimum atomic E-state index is -0.426. The van der Waals surface area contributed by atoms with Gasteiger partial charge in [0.2, 0.25) is 5.88 Å². The number of carbonyl (C=O) groups is 1. The molecule has 1 aromatic heterocycles. The molecule has 0 aromatic carbocycles. The molecule has 0 atom stereocenters. The Morgan fingerprint density at radius 3 is 2.65 bits per heavy atom. The lowest BCUT2D eigenvalue weighted by Crippen LogP contribution is -2.41. The number of rotatable bonds is 4. The van der Waals surface area contributed by atoms with Crippen molar-refractivity contribution in [2.45, 2.75) is 52.1 Å². The van der Waals surface area contributed by atoms with Crippen LogP contribution in [0, 0.1) is 5.92 Å². The first-order chi connectivity index (χ1) is 10.9. The highest BCUT2D eigenvalue weighted by Crippen LogP contribution is 2.25. The molecule has 5 heteroatoms. The van der Waals surface area contributed by atoms with Gasteiger partial charge < -0.3 is 14.4 Å². The molecule has 0 saturated carbocycles. The SMILES string of the molecule is COc1ncccc1CCC1CCN(C(=O)OC(C)(C)C)CC1. The number of piperidine rings is 1. The summed E-state index contributed by atoms with van der Waals surface area (Å²) in [7, 11) is 1.66. The Labute approximate surface area is 139 Å². The van der Waals surface area contributed by atoms with Crippen LogP contribution in [0.25, 0.3) is 0 Å². The highest BCUT2D eigenvalue weighted by Gasteiger charge is 2.26. The summed E-state index contributed by atoms with van der Waals surface area (Å²) < 4.78 is 10.7. The first-order valence-electron chi connectivity index (χ1n) is 8.35. The molecular weight excluding hydrogens is 292 g/mol. The summed E-state index contributed by atoms with van der Waals surface area (Å²) in [6.07, 6.45) is 5.69. The number of amides is 1. The number of carbonyl (C=O) groups excluding carboxylic acids is 1. The number of methoxy groups -OCH3 is 1. The molecular formula is C18H28N2O3. The Bertz CT molecular complexity index is 517. The van der Waals surface area contributed by atoms with Crippen molar-refractivity contribution in [3.63, 3.8) is 0 Å². The number of hydrogen-bond acceptors (Lipinski definition) is 4. The van der Waals surface area contributed by atoms with E-state index in [2.05, 4.69) is 11.1 Å². The van der Waals surface area contributed by atoms with E-state index < -0.39 is 5.60 Å². The minimum absolute atomic E-state index is 0.190. The van der Waals surface area contributed by atoms with Crippen LogP contribution < -0.4 is 4.74 Å². The van der Waals surface area contributed by atoms with Gasteiger partial charge in [-0.2, -0.15) is 0 Å². The van der Waals surface area contributed by atoms with Gasteiger partial charge in [0.05, 0.1) is 7.11 Å². The summed E-state index contributed by atoms with van der Waals surface area (Å²) >= 11 is 0. The molecule has 2 heterocycles. The number of likely N-dealkylation sites (tertiary alicyclic amines) is 1. The van der Waals surface area contributed by atoms with E-state index in [1.165, 1.54) is 0 Å². The molecule has 0 unspecified atom stereocenters. The molecule has 5 nitrogen and oxygen atoms in total. The molecule has 0 bridgehead atoms. The van der Waals surface area contributed by atoms with E-state index in [0.717, 1.165) is 50.2 Å². The molecule has 1 fully saturated rings. The molecule has 23 heavy (non-hydrogen) atoms. The van der Waals surface area contributed by atoms with Gasteiger partial charge in [0, 0.05) is 24.8 Å². The minimum Gasteiger partial charge on any atom is -0.481 e. The molecule has 0 aliphatic carbocycles. The summed E-state index contributed by atoms with van der Waals surface area (Å²) in [5.41, 5.74) is 0.731. The fraction of sp³-hybridized carbons (Fsp3) is 0.667. The summed E-state index contributed by atoms with van der Waals surface area (Å²) in [5, 5.41) is 0. The summed E-state index contributed by atoms with van der Waals surface area (Å²) in [6.45, 7) is 7.27. The average molecular weight is 320 g/mol. The number of nitrogens with zero attached hydrogens (tertiary/aromatic N) is 2.